The van der Waals surface area contributed by atoms with Crippen LogP contribution in [0.25, 0.3) is 11.1 Å². The molecule has 2 aromatic carbocycles. The van der Waals surface area contributed by atoms with Gasteiger partial charge in [0, 0.05) is 37.3 Å². The first-order chi connectivity index (χ1) is 15.1. The van der Waals surface area contributed by atoms with Crippen molar-refractivity contribution in [1.29, 1.82) is 0 Å². The van der Waals surface area contributed by atoms with Crippen molar-refractivity contribution < 1.29 is 19.4 Å². The minimum atomic E-state index is -0.907. The van der Waals surface area contributed by atoms with Crippen LogP contribution < -0.4 is 0 Å². The number of fused-ring (bicyclic) bond motifs is 3. The van der Waals surface area contributed by atoms with Gasteiger partial charge in [0.05, 0.1) is 5.92 Å². The summed E-state index contributed by atoms with van der Waals surface area (Å²) in [4.78, 5) is 30.2. The Morgan fingerprint density at radius 2 is 1.55 bits per heavy atom. The Balaban J connectivity index is 1.32. The van der Waals surface area contributed by atoms with Crippen molar-refractivity contribution >= 4 is 12.1 Å². The summed E-state index contributed by atoms with van der Waals surface area (Å²) in [6, 6.07) is 20.0. The average molecular weight is 414 g/mol. The van der Waals surface area contributed by atoms with Crippen LogP contribution in [0.15, 0.2) is 73.1 Å². The molecular formula is C25H22N2O4. The number of nitrogens with zero attached hydrogens (tertiary/aromatic N) is 2. The molecule has 2 unspecified atom stereocenters. The molecule has 1 amide bonds. The van der Waals surface area contributed by atoms with Crippen molar-refractivity contribution in [3.63, 3.8) is 0 Å². The van der Waals surface area contributed by atoms with Gasteiger partial charge >= 0.3 is 12.1 Å². The van der Waals surface area contributed by atoms with E-state index in [1.54, 1.807) is 12.4 Å². The quantitative estimate of drug-likeness (QED) is 0.694. The molecule has 2 atom stereocenters. The molecule has 5 rings (SSSR count). The summed E-state index contributed by atoms with van der Waals surface area (Å²) in [7, 11) is 0. The van der Waals surface area contributed by atoms with Crippen LogP contribution in [0.5, 0.6) is 0 Å². The number of benzene rings is 2. The van der Waals surface area contributed by atoms with Gasteiger partial charge in [0.25, 0.3) is 0 Å². The van der Waals surface area contributed by atoms with E-state index in [-0.39, 0.29) is 25.0 Å². The average Bonchev–Trinajstić information content (AvgIpc) is 3.39. The molecule has 156 valence electrons. The molecule has 1 aliphatic carbocycles. The number of carboxylic acid groups (broad SMARTS) is 1. The second kappa shape index (κ2) is 7.87. The summed E-state index contributed by atoms with van der Waals surface area (Å²) in [5.74, 6) is -1.87. The third-order valence-corrected chi connectivity index (χ3v) is 6.37. The van der Waals surface area contributed by atoms with E-state index < -0.39 is 18.0 Å². The van der Waals surface area contributed by atoms with Crippen molar-refractivity contribution in [2.24, 2.45) is 5.92 Å². The predicted molar refractivity (Wildman–Crippen MR) is 115 cm³/mol. The normalized spacial score (nSPS) is 19.7. The van der Waals surface area contributed by atoms with E-state index in [2.05, 4.69) is 29.2 Å². The molecule has 2 heterocycles. The Kier molecular flexibility index (Phi) is 4.90. The number of ether oxygens (including phenoxy) is 1. The van der Waals surface area contributed by atoms with E-state index >= 15 is 0 Å². The number of carbonyl (C=O) groups is 2. The Morgan fingerprint density at radius 1 is 0.935 bits per heavy atom. The van der Waals surface area contributed by atoms with Crippen LogP contribution >= 0.6 is 0 Å². The Bertz CT molecular complexity index is 1090. The topological polar surface area (TPSA) is 79.7 Å². The SMILES string of the molecule is O=C(O)C1CN(C(=O)OCC2c3ccccc3-c3ccccc32)CC1c1ccncc1. The van der Waals surface area contributed by atoms with Gasteiger partial charge in [-0.3, -0.25) is 9.78 Å². The number of pyridine rings is 1. The molecule has 3 aromatic rings. The Labute approximate surface area is 180 Å². The first kappa shape index (κ1) is 19.3. The van der Waals surface area contributed by atoms with Gasteiger partial charge in [-0.2, -0.15) is 0 Å². The van der Waals surface area contributed by atoms with Crippen LogP contribution in [0.1, 0.15) is 28.5 Å². The first-order valence-electron chi connectivity index (χ1n) is 10.4. The zero-order chi connectivity index (χ0) is 21.4. The van der Waals surface area contributed by atoms with Crippen molar-refractivity contribution in [3.05, 3.63) is 89.7 Å². The van der Waals surface area contributed by atoms with Gasteiger partial charge in [0.2, 0.25) is 0 Å². The Morgan fingerprint density at radius 3 is 2.16 bits per heavy atom. The zero-order valence-electron chi connectivity index (χ0n) is 16.8. The molecule has 1 fully saturated rings. The van der Waals surface area contributed by atoms with Crippen LogP contribution in [-0.2, 0) is 9.53 Å². The fourth-order valence-electron chi connectivity index (χ4n) is 4.84. The van der Waals surface area contributed by atoms with Gasteiger partial charge in [-0.25, -0.2) is 4.79 Å². The fourth-order valence-corrected chi connectivity index (χ4v) is 4.84. The second-order valence-corrected chi connectivity index (χ2v) is 8.04. The molecule has 0 saturated carbocycles. The van der Waals surface area contributed by atoms with Gasteiger partial charge in [0.15, 0.2) is 0 Å². The minimum absolute atomic E-state index is 0.0229. The van der Waals surface area contributed by atoms with Crippen molar-refractivity contribution in [2.45, 2.75) is 11.8 Å². The molecule has 1 N–H and O–H groups in total. The third-order valence-electron chi connectivity index (χ3n) is 6.37. The molecule has 1 saturated heterocycles. The monoisotopic (exact) mass is 414 g/mol. The molecule has 0 radical (unpaired) electrons. The van der Waals surface area contributed by atoms with Crippen LogP contribution in [0.4, 0.5) is 4.79 Å². The van der Waals surface area contributed by atoms with Gasteiger partial charge in [-0.05, 0) is 39.9 Å². The Hall–Kier alpha value is -3.67. The van der Waals surface area contributed by atoms with Crippen LogP contribution in [-0.4, -0.2) is 46.7 Å². The number of hydrogen-bond acceptors (Lipinski definition) is 4. The maximum Gasteiger partial charge on any atom is 0.409 e. The van der Waals surface area contributed by atoms with E-state index in [1.807, 2.05) is 36.4 Å². The van der Waals surface area contributed by atoms with Crippen molar-refractivity contribution in [3.8, 4) is 11.1 Å². The number of likely N-dealkylation sites (tertiary alicyclic amines) is 1. The fraction of sp³-hybridized carbons (Fsp3) is 0.240. The van der Waals surface area contributed by atoms with Gasteiger partial charge in [-0.15, -0.1) is 0 Å². The molecule has 2 aliphatic rings. The number of rotatable bonds is 4. The summed E-state index contributed by atoms with van der Waals surface area (Å²) < 4.78 is 5.72. The smallest absolute Gasteiger partial charge is 0.409 e. The van der Waals surface area contributed by atoms with E-state index in [1.165, 1.54) is 16.0 Å². The van der Waals surface area contributed by atoms with Crippen LogP contribution in [0, 0.1) is 5.92 Å². The van der Waals surface area contributed by atoms with Crippen molar-refractivity contribution in [2.75, 3.05) is 19.7 Å². The highest BCUT2D eigenvalue weighted by molar-refractivity contribution is 5.79. The largest absolute Gasteiger partial charge is 0.481 e. The van der Waals surface area contributed by atoms with E-state index in [4.69, 9.17) is 4.74 Å². The van der Waals surface area contributed by atoms with Crippen molar-refractivity contribution in [1.82, 2.24) is 9.88 Å². The highest BCUT2D eigenvalue weighted by atomic mass is 16.6. The van der Waals surface area contributed by atoms with Gasteiger partial charge < -0.3 is 14.7 Å². The van der Waals surface area contributed by atoms with Crippen LogP contribution in [0.2, 0.25) is 0 Å². The number of amides is 1. The summed E-state index contributed by atoms with van der Waals surface area (Å²) >= 11 is 0. The molecule has 6 heteroatoms. The summed E-state index contributed by atoms with van der Waals surface area (Å²) in [6.07, 6.45) is 2.82. The zero-order valence-corrected chi connectivity index (χ0v) is 16.8. The number of hydrogen-bond donors (Lipinski definition) is 1. The van der Waals surface area contributed by atoms with E-state index in [0.29, 0.717) is 6.54 Å². The third kappa shape index (κ3) is 3.44. The maximum absolute atomic E-state index is 12.9. The summed E-state index contributed by atoms with van der Waals surface area (Å²) in [6.45, 7) is 0.678. The second-order valence-electron chi connectivity index (χ2n) is 8.04. The molecule has 1 aromatic heterocycles. The predicted octanol–water partition coefficient (Wildman–Crippen LogP) is 4.13. The molecule has 0 spiro atoms. The number of aliphatic carboxylic acids is 1. The summed E-state index contributed by atoms with van der Waals surface area (Å²) in [5.41, 5.74) is 5.51. The number of carboxylic acids is 1. The maximum atomic E-state index is 12.9. The van der Waals surface area contributed by atoms with E-state index in [9.17, 15) is 14.7 Å². The lowest BCUT2D eigenvalue weighted by atomic mass is 9.90. The molecule has 6 nitrogen and oxygen atoms in total. The molecule has 31 heavy (non-hydrogen) atoms. The number of carbonyl (C=O) groups excluding carboxylic acids is 1. The summed E-state index contributed by atoms with van der Waals surface area (Å²) in [5, 5.41) is 9.67. The van der Waals surface area contributed by atoms with E-state index in [0.717, 1.165) is 16.7 Å². The lowest BCUT2D eigenvalue weighted by molar-refractivity contribution is -0.141. The highest BCUT2D eigenvalue weighted by Gasteiger charge is 2.41. The first-order valence-corrected chi connectivity index (χ1v) is 10.4. The lowest BCUT2D eigenvalue weighted by Gasteiger charge is -2.19. The molecule has 0 bridgehead atoms. The molecular weight excluding hydrogens is 392 g/mol. The minimum Gasteiger partial charge on any atom is -0.481 e. The van der Waals surface area contributed by atoms with Crippen LogP contribution in [0.3, 0.4) is 0 Å². The number of aromatic nitrogens is 1. The standard InChI is InChI=1S/C25H22N2O4/c28-24(29)22-14-27(13-21(22)16-9-11-26-12-10-16)25(30)31-15-23-19-7-3-1-5-17(19)18-6-2-4-8-20(18)23/h1-12,21-23H,13-15H2,(H,28,29). The van der Waals surface area contributed by atoms with Gasteiger partial charge in [0.1, 0.15) is 6.61 Å². The lowest BCUT2D eigenvalue weighted by Crippen LogP contribution is -2.31. The highest BCUT2D eigenvalue weighted by Crippen LogP contribution is 2.44. The molecule has 1 aliphatic heterocycles. The van der Waals surface area contributed by atoms with Gasteiger partial charge in [-0.1, -0.05) is 48.5 Å².